The third-order valence-corrected chi connectivity index (χ3v) is 2.69. The average molecular weight is 245 g/mol. The summed E-state index contributed by atoms with van der Waals surface area (Å²) < 4.78 is 13.2. The van der Waals surface area contributed by atoms with Crippen LogP contribution in [0.3, 0.4) is 0 Å². The lowest BCUT2D eigenvalue weighted by Crippen LogP contribution is -2.14. The molecular weight excluding hydrogens is 233 g/mol. The number of anilines is 2. The zero-order valence-corrected chi connectivity index (χ0v) is 9.80. The van der Waals surface area contributed by atoms with Gasteiger partial charge in [0.1, 0.15) is 5.82 Å². The van der Waals surface area contributed by atoms with E-state index in [-0.39, 0.29) is 11.4 Å². The number of carboxylic acid groups (broad SMARTS) is 1. The van der Waals surface area contributed by atoms with E-state index in [0.29, 0.717) is 11.4 Å². The van der Waals surface area contributed by atoms with Gasteiger partial charge in [0.25, 0.3) is 0 Å². The molecule has 18 heavy (non-hydrogen) atoms. The van der Waals surface area contributed by atoms with E-state index >= 15 is 0 Å². The van der Waals surface area contributed by atoms with Crippen molar-refractivity contribution in [2.75, 3.05) is 11.9 Å². The molecule has 0 bridgehead atoms. The van der Waals surface area contributed by atoms with Crippen molar-refractivity contribution in [3.63, 3.8) is 0 Å². The summed E-state index contributed by atoms with van der Waals surface area (Å²) >= 11 is 0. The highest BCUT2D eigenvalue weighted by Crippen LogP contribution is 2.27. The van der Waals surface area contributed by atoms with Crippen LogP contribution in [0, 0.1) is 5.82 Å². The molecule has 0 amide bonds. The van der Waals surface area contributed by atoms with E-state index in [1.54, 1.807) is 42.3 Å². The molecule has 0 saturated carbocycles. The Labute approximate surface area is 104 Å². The fourth-order valence-electron chi connectivity index (χ4n) is 1.77. The first kappa shape index (κ1) is 12.1. The minimum atomic E-state index is -1.01. The van der Waals surface area contributed by atoms with Crippen molar-refractivity contribution in [3.8, 4) is 0 Å². The monoisotopic (exact) mass is 245 g/mol. The van der Waals surface area contributed by atoms with Crippen LogP contribution in [-0.2, 0) is 0 Å². The number of hydrogen-bond acceptors (Lipinski definition) is 2. The van der Waals surface area contributed by atoms with E-state index in [1.807, 2.05) is 0 Å². The number of rotatable bonds is 3. The fraction of sp³-hybridized carbons (Fsp3) is 0.0714. The van der Waals surface area contributed by atoms with Gasteiger partial charge in [-0.05, 0) is 30.3 Å². The largest absolute Gasteiger partial charge is 0.478 e. The number of hydrogen-bond donors (Lipinski definition) is 1. The van der Waals surface area contributed by atoms with Crippen LogP contribution in [0.5, 0.6) is 0 Å². The average Bonchev–Trinajstić information content (AvgIpc) is 2.38. The van der Waals surface area contributed by atoms with Crippen molar-refractivity contribution in [2.24, 2.45) is 0 Å². The molecule has 0 heterocycles. The second-order valence-corrected chi connectivity index (χ2v) is 3.86. The van der Waals surface area contributed by atoms with Gasteiger partial charge < -0.3 is 10.0 Å². The number of halogens is 1. The maximum atomic E-state index is 13.2. The van der Waals surface area contributed by atoms with Crippen molar-refractivity contribution in [1.82, 2.24) is 0 Å². The molecule has 0 aliphatic heterocycles. The van der Waals surface area contributed by atoms with Crippen molar-refractivity contribution in [3.05, 3.63) is 59.9 Å². The van der Waals surface area contributed by atoms with Crippen LogP contribution in [0.25, 0.3) is 0 Å². The van der Waals surface area contributed by atoms with Gasteiger partial charge in [-0.25, -0.2) is 9.18 Å². The molecular formula is C14H12FNO2. The van der Waals surface area contributed by atoms with Crippen molar-refractivity contribution in [2.45, 2.75) is 0 Å². The molecule has 4 heteroatoms. The second kappa shape index (κ2) is 4.87. The standard InChI is InChI=1S/C14H12FNO2/c1-16(11-6-4-5-10(15)9-11)13-8-3-2-7-12(13)14(17)18/h2-9H,1H3,(H,17,18). The summed E-state index contributed by atoms with van der Waals surface area (Å²) in [4.78, 5) is 12.8. The Morgan fingerprint density at radius 1 is 1.17 bits per heavy atom. The Bertz CT molecular complexity index is 584. The van der Waals surface area contributed by atoms with Gasteiger partial charge in [-0.15, -0.1) is 0 Å². The normalized spacial score (nSPS) is 10.1. The number of carbonyl (C=O) groups is 1. The van der Waals surface area contributed by atoms with Crippen LogP contribution in [0.15, 0.2) is 48.5 Å². The lowest BCUT2D eigenvalue weighted by atomic mass is 10.1. The lowest BCUT2D eigenvalue weighted by Gasteiger charge is -2.21. The third-order valence-electron chi connectivity index (χ3n) is 2.69. The first-order valence-electron chi connectivity index (χ1n) is 5.41. The molecule has 92 valence electrons. The molecule has 0 aliphatic carbocycles. The Kier molecular flexibility index (Phi) is 3.28. The Hall–Kier alpha value is -2.36. The molecule has 0 aromatic heterocycles. The fourth-order valence-corrected chi connectivity index (χ4v) is 1.77. The maximum absolute atomic E-state index is 13.2. The SMILES string of the molecule is CN(c1cccc(F)c1)c1ccccc1C(=O)O. The van der Waals surface area contributed by atoms with E-state index in [2.05, 4.69) is 0 Å². The second-order valence-electron chi connectivity index (χ2n) is 3.86. The Morgan fingerprint density at radius 3 is 2.56 bits per heavy atom. The Balaban J connectivity index is 2.46. The minimum absolute atomic E-state index is 0.185. The first-order valence-corrected chi connectivity index (χ1v) is 5.41. The number of nitrogens with zero attached hydrogens (tertiary/aromatic N) is 1. The Morgan fingerprint density at radius 2 is 1.89 bits per heavy atom. The van der Waals surface area contributed by atoms with Gasteiger partial charge in [-0.3, -0.25) is 0 Å². The molecule has 2 aromatic carbocycles. The lowest BCUT2D eigenvalue weighted by molar-refractivity contribution is 0.0697. The van der Waals surface area contributed by atoms with E-state index in [0.717, 1.165) is 0 Å². The van der Waals surface area contributed by atoms with Gasteiger partial charge >= 0.3 is 5.97 Å². The number of benzene rings is 2. The van der Waals surface area contributed by atoms with Crippen LogP contribution >= 0.6 is 0 Å². The zero-order valence-electron chi connectivity index (χ0n) is 9.80. The molecule has 0 fully saturated rings. The highest BCUT2D eigenvalue weighted by Gasteiger charge is 2.13. The van der Waals surface area contributed by atoms with Crippen LogP contribution in [-0.4, -0.2) is 18.1 Å². The smallest absolute Gasteiger partial charge is 0.337 e. The summed E-state index contributed by atoms with van der Waals surface area (Å²) in [6, 6.07) is 12.6. The molecule has 0 radical (unpaired) electrons. The first-order chi connectivity index (χ1) is 8.59. The molecule has 0 atom stereocenters. The molecule has 2 aromatic rings. The van der Waals surface area contributed by atoms with Gasteiger partial charge in [0.15, 0.2) is 0 Å². The van der Waals surface area contributed by atoms with Crippen molar-refractivity contribution < 1.29 is 14.3 Å². The quantitative estimate of drug-likeness (QED) is 0.902. The third kappa shape index (κ3) is 2.32. The van der Waals surface area contributed by atoms with Crippen molar-refractivity contribution >= 4 is 17.3 Å². The van der Waals surface area contributed by atoms with Crippen LogP contribution < -0.4 is 4.90 Å². The number of para-hydroxylation sites is 1. The molecule has 2 rings (SSSR count). The van der Waals surface area contributed by atoms with E-state index < -0.39 is 5.97 Å². The molecule has 0 aliphatic rings. The zero-order chi connectivity index (χ0) is 13.1. The summed E-state index contributed by atoms with van der Waals surface area (Å²) in [6.07, 6.45) is 0. The summed E-state index contributed by atoms with van der Waals surface area (Å²) in [5.74, 6) is -1.36. The van der Waals surface area contributed by atoms with E-state index in [4.69, 9.17) is 5.11 Å². The van der Waals surface area contributed by atoms with Gasteiger partial charge in [0, 0.05) is 12.7 Å². The topological polar surface area (TPSA) is 40.5 Å². The van der Waals surface area contributed by atoms with Crippen LogP contribution in [0.1, 0.15) is 10.4 Å². The highest BCUT2D eigenvalue weighted by molar-refractivity contribution is 5.95. The van der Waals surface area contributed by atoms with E-state index in [9.17, 15) is 9.18 Å². The summed E-state index contributed by atoms with van der Waals surface area (Å²) in [5, 5.41) is 9.12. The van der Waals surface area contributed by atoms with Gasteiger partial charge in [0.2, 0.25) is 0 Å². The van der Waals surface area contributed by atoms with E-state index in [1.165, 1.54) is 18.2 Å². The molecule has 0 spiro atoms. The minimum Gasteiger partial charge on any atom is -0.478 e. The molecule has 1 N–H and O–H groups in total. The predicted octanol–water partition coefficient (Wildman–Crippen LogP) is 3.29. The van der Waals surface area contributed by atoms with Gasteiger partial charge in [-0.2, -0.15) is 0 Å². The molecule has 3 nitrogen and oxygen atoms in total. The van der Waals surface area contributed by atoms with Gasteiger partial charge in [0.05, 0.1) is 11.3 Å². The number of aromatic carboxylic acids is 1. The summed E-state index contributed by atoms with van der Waals surface area (Å²) in [7, 11) is 1.70. The number of carboxylic acids is 1. The van der Waals surface area contributed by atoms with Crippen molar-refractivity contribution in [1.29, 1.82) is 0 Å². The summed E-state index contributed by atoms with van der Waals surface area (Å²) in [5.41, 5.74) is 1.31. The highest BCUT2D eigenvalue weighted by atomic mass is 19.1. The summed E-state index contributed by atoms with van der Waals surface area (Å²) in [6.45, 7) is 0. The van der Waals surface area contributed by atoms with Gasteiger partial charge in [-0.1, -0.05) is 18.2 Å². The molecule has 0 unspecified atom stereocenters. The molecule has 0 saturated heterocycles. The predicted molar refractivity (Wildman–Crippen MR) is 67.9 cm³/mol. The maximum Gasteiger partial charge on any atom is 0.337 e. The van der Waals surface area contributed by atoms with Crippen LogP contribution in [0.4, 0.5) is 15.8 Å². The van der Waals surface area contributed by atoms with Crippen LogP contribution in [0.2, 0.25) is 0 Å².